The number of likely N-dealkylation sites (tertiary alicyclic amines) is 1. The third-order valence-electron chi connectivity index (χ3n) is 4.31. The first kappa shape index (κ1) is 15.9. The fraction of sp³-hybridized carbons (Fsp3) is 0.533. The number of halogens is 3. The highest BCUT2D eigenvalue weighted by Gasteiger charge is 2.32. The van der Waals surface area contributed by atoms with Crippen LogP contribution in [0.25, 0.3) is 11.0 Å². The second-order valence-electron chi connectivity index (χ2n) is 6.10. The molecule has 8 heteroatoms. The van der Waals surface area contributed by atoms with Gasteiger partial charge in [0.05, 0.1) is 30.2 Å². The minimum absolute atomic E-state index is 0.118. The number of rotatable bonds is 3. The first-order valence-electron chi connectivity index (χ1n) is 7.60. The molecule has 0 radical (unpaired) electrons. The molecule has 124 valence electrons. The van der Waals surface area contributed by atoms with Crippen molar-refractivity contribution in [3.63, 3.8) is 0 Å². The summed E-state index contributed by atoms with van der Waals surface area (Å²) >= 11 is 0. The fourth-order valence-electron chi connectivity index (χ4n) is 3.17. The number of carbonyl (C=O) groups is 1. The first-order valence-corrected chi connectivity index (χ1v) is 7.60. The Balaban J connectivity index is 1.78. The highest BCUT2D eigenvalue weighted by atomic mass is 19.4. The predicted molar refractivity (Wildman–Crippen MR) is 77.0 cm³/mol. The van der Waals surface area contributed by atoms with Gasteiger partial charge in [-0.2, -0.15) is 13.2 Å². The van der Waals surface area contributed by atoms with Crippen molar-refractivity contribution < 1.29 is 22.9 Å². The molecule has 1 aliphatic rings. The van der Waals surface area contributed by atoms with Crippen LogP contribution in [-0.2, 0) is 11.0 Å². The zero-order valence-corrected chi connectivity index (χ0v) is 12.7. The molecular weight excluding hydrogens is 309 g/mol. The molecule has 3 rings (SSSR count). The number of ketones is 1. The van der Waals surface area contributed by atoms with Crippen LogP contribution in [0.5, 0.6) is 0 Å². The van der Waals surface area contributed by atoms with Gasteiger partial charge in [0.25, 0.3) is 0 Å². The molecule has 1 fully saturated rings. The monoisotopic (exact) mass is 327 g/mol. The Morgan fingerprint density at radius 2 is 2.04 bits per heavy atom. The van der Waals surface area contributed by atoms with Crippen LogP contribution in [0.1, 0.15) is 31.4 Å². The molecule has 2 aromatic rings. The van der Waals surface area contributed by atoms with E-state index in [0.29, 0.717) is 12.1 Å². The number of hydrogen-bond acceptors (Lipinski definition) is 3. The van der Waals surface area contributed by atoms with E-state index in [2.05, 4.69) is 10.3 Å². The van der Waals surface area contributed by atoms with E-state index in [1.807, 2.05) is 0 Å². The van der Waals surface area contributed by atoms with Gasteiger partial charge in [0.2, 0.25) is 0 Å². The van der Waals surface area contributed by atoms with E-state index in [4.69, 9.17) is 0 Å². The van der Waals surface area contributed by atoms with E-state index < -0.39 is 11.7 Å². The second-order valence-corrected chi connectivity index (χ2v) is 6.10. The van der Waals surface area contributed by atoms with E-state index in [0.717, 1.165) is 38.1 Å². The molecular formula is C15H18F3N4O+. The lowest BCUT2D eigenvalue weighted by Gasteiger charge is -2.28. The summed E-state index contributed by atoms with van der Waals surface area (Å²) in [6, 6.07) is 3.66. The van der Waals surface area contributed by atoms with Crippen LogP contribution in [0.3, 0.4) is 0 Å². The number of fused-ring (bicyclic) bond motifs is 1. The summed E-state index contributed by atoms with van der Waals surface area (Å²) in [7, 11) is 0. The van der Waals surface area contributed by atoms with Crippen LogP contribution in [0.4, 0.5) is 13.2 Å². The average molecular weight is 327 g/mol. The topological polar surface area (TPSA) is 52.2 Å². The normalized spacial score (nSPS) is 22.4. The quantitative estimate of drug-likeness (QED) is 0.923. The van der Waals surface area contributed by atoms with Crippen molar-refractivity contribution in [2.75, 3.05) is 19.6 Å². The molecule has 1 aromatic heterocycles. The van der Waals surface area contributed by atoms with E-state index in [1.165, 1.54) is 11.0 Å². The Morgan fingerprint density at radius 1 is 1.35 bits per heavy atom. The Kier molecular flexibility index (Phi) is 4.09. The molecule has 0 aliphatic carbocycles. The van der Waals surface area contributed by atoms with Gasteiger partial charge in [-0.1, -0.05) is 5.21 Å². The summed E-state index contributed by atoms with van der Waals surface area (Å²) in [4.78, 5) is 12.4. The summed E-state index contributed by atoms with van der Waals surface area (Å²) in [5.74, 6) is 0.171. The van der Waals surface area contributed by atoms with E-state index in [1.54, 1.807) is 11.6 Å². The van der Waals surface area contributed by atoms with Crippen molar-refractivity contribution >= 4 is 16.8 Å². The summed E-state index contributed by atoms with van der Waals surface area (Å²) in [5.41, 5.74) is 0.175. The Morgan fingerprint density at radius 3 is 2.65 bits per heavy atom. The van der Waals surface area contributed by atoms with Crippen molar-refractivity contribution in [2.45, 2.75) is 32.0 Å². The fourth-order valence-corrected chi connectivity index (χ4v) is 3.17. The lowest BCUT2D eigenvalue weighted by atomic mass is 10.0. The number of piperidine rings is 1. The summed E-state index contributed by atoms with van der Waals surface area (Å²) < 4.78 is 39.9. The van der Waals surface area contributed by atoms with Crippen LogP contribution in [0.2, 0.25) is 0 Å². The molecule has 1 aliphatic heterocycles. The lowest BCUT2D eigenvalue weighted by Crippen LogP contribution is -3.13. The van der Waals surface area contributed by atoms with E-state index >= 15 is 0 Å². The summed E-state index contributed by atoms with van der Waals surface area (Å²) in [5, 5.41) is 7.94. The maximum absolute atomic E-state index is 12.7. The third-order valence-corrected chi connectivity index (χ3v) is 4.31. The number of hydrogen-bond donors (Lipinski definition) is 1. The smallest absolute Gasteiger partial charge is 0.329 e. The van der Waals surface area contributed by atoms with Crippen molar-refractivity contribution in [3.05, 3.63) is 23.8 Å². The zero-order valence-electron chi connectivity index (χ0n) is 12.7. The van der Waals surface area contributed by atoms with Gasteiger partial charge in [0.15, 0.2) is 5.78 Å². The Labute approximate surface area is 131 Å². The van der Waals surface area contributed by atoms with Crippen molar-refractivity contribution in [1.29, 1.82) is 0 Å². The van der Waals surface area contributed by atoms with E-state index in [-0.39, 0.29) is 17.3 Å². The number of carbonyl (C=O) groups excluding carboxylic acids is 1. The molecule has 0 atom stereocenters. The predicted octanol–water partition coefficient (Wildman–Crippen LogP) is 1.26. The van der Waals surface area contributed by atoms with Gasteiger partial charge < -0.3 is 4.90 Å². The minimum Gasteiger partial charge on any atom is -0.329 e. The first-order chi connectivity index (χ1) is 10.8. The molecule has 0 unspecified atom stereocenters. The van der Waals surface area contributed by atoms with Gasteiger partial charge in [-0.25, -0.2) is 4.68 Å². The molecule has 23 heavy (non-hydrogen) atoms. The second kappa shape index (κ2) is 5.92. The van der Waals surface area contributed by atoms with Crippen LogP contribution < -0.4 is 4.90 Å². The molecule has 0 spiro atoms. The number of benzene rings is 1. The highest BCUT2D eigenvalue weighted by molar-refractivity contribution is 5.76. The van der Waals surface area contributed by atoms with Crippen molar-refractivity contribution in [1.82, 2.24) is 15.0 Å². The summed E-state index contributed by atoms with van der Waals surface area (Å²) in [6.07, 6.45) is -2.70. The maximum atomic E-state index is 12.7. The molecule has 1 saturated heterocycles. The van der Waals surface area contributed by atoms with Gasteiger partial charge in [0.1, 0.15) is 12.1 Å². The SMILES string of the molecule is CC(=O)C[NH+]1CCC(n2nnc3cc(C(F)(F)F)ccc32)CC1. The number of Topliss-reactive ketones (excluding diaryl/α,β-unsaturated/α-hetero) is 1. The maximum Gasteiger partial charge on any atom is 0.416 e. The molecule has 0 saturated carbocycles. The lowest BCUT2D eigenvalue weighted by molar-refractivity contribution is -0.897. The largest absolute Gasteiger partial charge is 0.416 e. The third kappa shape index (κ3) is 3.36. The van der Waals surface area contributed by atoms with Gasteiger partial charge in [0, 0.05) is 19.8 Å². The van der Waals surface area contributed by atoms with Gasteiger partial charge >= 0.3 is 6.18 Å². The van der Waals surface area contributed by atoms with Crippen molar-refractivity contribution in [3.8, 4) is 0 Å². The zero-order chi connectivity index (χ0) is 16.6. The highest BCUT2D eigenvalue weighted by Crippen LogP contribution is 2.31. The standard InChI is InChI=1S/C15H17F3N4O/c1-10(23)9-21-6-4-12(5-7-21)22-14-3-2-11(15(16,17)18)8-13(14)19-20-22/h2-3,8,12H,4-7,9H2,1H3/p+1. The van der Waals surface area contributed by atoms with Crippen LogP contribution in [0.15, 0.2) is 18.2 Å². The minimum atomic E-state index is -4.38. The van der Waals surface area contributed by atoms with Gasteiger partial charge in [-0.3, -0.25) is 4.79 Å². The number of nitrogens with one attached hydrogen (secondary N) is 1. The average Bonchev–Trinajstić information content (AvgIpc) is 2.89. The molecule has 1 aromatic carbocycles. The van der Waals surface area contributed by atoms with Crippen LogP contribution in [-0.4, -0.2) is 40.4 Å². The van der Waals surface area contributed by atoms with Crippen LogP contribution in [0, 0.1) is 0 Å². The van der Waals surface area contributed by atoms with Crippen LogP contribution >= 0.6 is 0 Å². The Bertz CT molecular complexity index is 717. The number of nitrogens with zero attached hydrogens (tertiary/aromatic N) is 3. The molecule has 0 amide bonds. The summed E-state index contributed by atoms with van der Waals surface area (Å²) in [6.45, 7) is 3.82. The molecule has 1 N–H and O–H groups in total. The van der Waals surface area contributed by atoms with Gasteiger partial charge in [-0.05, 0) is 18.2 Å². The molecule has 5 nitrogen and oxygen atoms in total. The number of aromatic nitrogens is 3. The van der Waals surface area contributed by atoms with Gasteiger partial charge in [-0.15, -0.1) is 5.10 Å². The number of quaternary nitrogens is 1. The molecule has 2 heterocycles. The van der Waals surface area contributed by atoms with Crippen molar-refractivity contribution in [2.24, 2.45) is 0 Å². The van der Waals surface area contributed by atoms with E-state index in [9.17, 15) is 18.0 Å². The number of alkyl halides is 3. The Hall–Kier alpha value is -1.96. The molecule has 0 bridgehead atoms.